The van der Waals surface area contributed by atoms with Crippen molar-refractivity contribution in [2.75, 3.05) is 20.3 Å². The fourth-order valence-electron chi connectivity index (χ4n) is 2.03. The fraction of sp³-hybridized carbons (Fsp3) is 0.471. The average Bonchev–Trinajstić information content (AvgIpc) is 3.01. The molecule has 6 nitrogen and oxygen atoms in total. The van der Waals surface area contributed by atoms with Gasteiger partial charge in [-0.15, -0.1) is 11.3 Å². The number of rotatable bonds is 8. The minimum Gasteiger partial charge on any atom is -0.483 e. The highest BCUT2D eigenvalue weighted by molar-refractivity contribution is 7.09. The maximum absolute atomic E-state index is 11.7. The van der Waals surface area contributed by atoms with E-state index in [1.807, 2.05) is 37.0 Å². The number of ether oxygens (including phenoxy) is 1. The Balaban J connectivity index is 0.00000139. The summed E-state index contributed by atoms with van der Waals surface area (Å²) in [4.78, 5) is 17.1. The summed E-state index contributed by atoms with van der Waals surface area (Å²) in [6.45, 7) is 5.75. The molecule has 2 aromatic heterocycles. The first-order valence-electron chi connectivity index (χ1n) is 7.91. The molecule has 2 rings (SSSR count). The minimum atomic E-state index is -0.104. The Labute approximate surface area is 147 Å². The van der Waals surface area contributed by atoms with Crippen LogP contribution in [0.25, 0.3) is 0 Å². The number of nitrogens with one attached hydrogen (secondary N) is 1. The van der Waals surface area contributed by atoms with Crippen LogP contribution in [0.4, 0.5) is 0 Å². The highest BCUT2D eigenvalue weighted by Crippen LogP contribution is 2.11. The van der Waals surface area contributed by atoms with Gasteiger partial charge in [0, 0.05) is 43.5 Å². The number of carbonyl (C=O) groups is 1. The van der Waals surface area contributed by atoms with Gasteiger partial charge in [0.2, 0.25) is 0 Å². The Morgan fingerprint density at radius 3 is 2.67 bits per heavy atom. The predicted octanol–water partition coefficient (Wildman–Crippen LogP) is 1.50. The van der Waals surface area contributed by atoms with Crippen LogP contribution in [0.15, 0.2) is 30.0 Å². The number of aromatic nitrogens is 2. The van der Waals surface area contributed by atoms with E-state index in [1.165, 1.54) is 4.88 Å². The first-order valence-corrected chi connectivity index (χ1v) is 8.79. The maximum Gasteiger partial charge on any atom is 0.257 e. The molecule has 0 saturated heterocycles. The van der Waals surface area contributed by atoms with Crippen molar-refractivity contribution >= 4 is 17.2 Å². The number of aryl methyl sites for hydroxylation is 2. The standard InChI is InChI=1S/C16H21N3O2S.CH4O/c1-3-8-19-9-5-14(6-10-19)21-11-16(20)17-7-4-15-13(2)18-12-22-15;1-2/h5-6,9-10,12H,3-4,7-8,11H2,1-2H3;2H,1H3/p+1. The Hall–Kier alpha value is -1.99. The second kappa shape index (κ2) is 11.5. The Morgan fingerprint density at radius 2 is 2.08 bits per heavy atom. The molecule has 2 aromatic rings. The highest BCUT2D eigenvalue weighted by Gasteiger charge is 2.06. The van der Waals surface area contributed by atoms with Gasteiger partial charge in [0.25, 0.3) is 5.91 Å². The molecule has 0 spiro atoms. The zero-order valence-corrected chi connectivity index (χ0v) is 15.3. The Kier molecular flexibility index (Phi) is 9.64. The van der Waals surface area contributed by atoms with E-state index >= 15 is 0 Å². The number of hydrogen-bond donors (Lipinski definition) is 2. The molecular weight excluding hydrogens is 326 g/mol. The van der Waals surface area contributed by atoms with Crippen molar-refractivity contribution in [1.29, 1.82) is 0 Å². The first kappa shape index (κ1) is 20.1. The van der Waals surface area contributed by atoms with Crippen molar-refractivity contribution in [3.63, 3.8) is 0 Å². The number of aliphatic hydroxyl groups is 1. The number of hydrogen-bond acceptors (Lipinski definition) is 5. The minimum absolute atomic E-state index is 0.0411. The summed E-state index contributed by atoms with van der Waals surface area (Å²) in [5, 5.41) is 9.86. The molecular formula is C17H26N3O3S+. The Bertz CT molecular complexity index is 599. The smallest absolute Gasteiger partial charge is 0.257 e. The molecule has 7 heteroatoms. The topological polar surface area (TPSA) is 75.3 Å². The van der Waals surface area contributed by atoms with Crippen LogP contribution in [-0.2, 0) is 17.8 Å². The van der Waals surface area contributed by atoms with Crippen molar-refractivity contribution in [2.24, 2.45) is 0 Å². The third kappa shape index (κ3) is 7.06. The SMILES string of the molecule is CCC[n+]1ccc(OCC(=O)NCCc2scnc2C)cc1.CO. The van der Waals surface area contributed by atoms with E-state index in [-0.39, 0.29) is 12.5 Å². The molecule has 0 aliphatic carbocycles. The summed E-state index contributed by atoms with van der Waals surface area (Å²) in [6.07, 6.45) is 5.82. The zero-order chi connectivity index (χ0) is 17.8. The number of aliphatic hydroxyl groups excluding tert-OH is 1. The van der Waals surface area contributed by atoms with Crippen molar-refractivity contribution < 1.29 is 19.2 Å². The molecule has 2 heterocycles. The second-order valence-corrected chi connectivity index (χ2v) is 5.96. The molecule has 24 heavy (non-hydrogen) atoms. The number of pyridine rings is 1. The molecule has 0 bridgehead atoms. The van der Waals surface area contributed by atoms with Gasteiger partial charge in [-0.3, -0.25) is 4.79 Å². The highest BCUT2D eigenvalue weighted by atomic mass is 32.1. The van der Waals surface area contributed by atoms with Crippen molar-refractivity contribution in [3.8, 4) is 5.75 Å². The molecule has 0 aliphatic heterocycles. The molecule has 0 fully saturated rings. The fourth-order valence-corrected chi connectivity index (χ4v) is 2.81. The lowest BCUT2D eigenvalue weighted by Crippen LogP contribution is -2.32. The lowest BCUT2D eigenvalue weighted by atomic mass is 10.3. The van der Waals surface area contributed by atoms with Crippen molar-refractivity contribution in [2.45, 2.75) is 33.2 Å². The lowest BCUT2D eigenvalue weighted by Gasteiger charge is -2.06. The summed E-state index contributed by atoms with van der Waals surface area (Å²) >= 11 is 1.62. The van der Waals surface area contributed by atoms with Gasteiger partial charge < -0.3 is 15.2 Å². The van der Waals surface area contributed by atoms with E-state index in [1.54, 1.807) is 11.3 Å². The van der Waals surface area contributed by atoms with Gasteiger partial charge in [0.05, 0.1) is 11.2 Å². The first-order chi connectivity index (χ1) is 11.7. The van der Waals surface area contributed by atoms with Crippen LogP contribution < -0.4 is 14.6 Å². The van der Waals surface area contributed by atoms with Crippen LogP contribution in [-0.4, -0.2) is 36.3 Å². The molecule has 0 aliphatic rings. The number of nitrogens with zero attached hydrogens (tertiary/aromatic N) is 2. The molecule has 2 N–H and O–H groups in total. The third-order valence-corrected chi connectivity index (χ3v) is 4.23. The molecule has 0 aromatic carbocycles. The molecule has 0 radical (unpaired) electrons. The van der Waals surface area contributed by atoms with E-state index in [9.17, 15) is 4.79 Å². The maximum atomic E-state index is 11.7. The lowest BCUT2D eigenvalue weighted by molar-refractivity contribution is -0.697. The van der Waals surface area contributed by atoms with E-state index in [0.717, 1.165) is 32.2 Å². The quantitative estimate of drug-likeness (QED) is 0.706. The van der Waals surface area contributed by atoms with Gasteiger partial charge in [-0.1, -0.05) is 6.92 Å². The van der Waals surface area contributed by atoms with Gasteiger partial charge in [-0.05, 0) is 6.92 Å². The number of thiazole rings is 1. The van der Waals surface area contributed by atoms with Crippen molar-refractivity contribution in [3.05, 3.63) is 40.6 Å². The van der Waals surface area contributed by atoms with Crippen LogP contribution in [0.5, 0.6) is 5.75 Å². The van der Waals surface area contributed by atoms with E-state index < -0.39 is 0 Å². The zero-order valence-electron chi connectivity index (χ0n) is 14.5. The number of amides is 1. The molecule has 0 saturated carbocycles. The molecule has 0 atom stereocenters. The summed E-state index contributed by atoms with van der Waals surface area (Å²) in [7, 11) is 1.00. The summed E-state index contributed by atoms with van der Waals surface area (Å²) in [6, 6.07) is 3.76. The van der Waals surface area contributed by atoms with Crippen molar-refractivity contribution in [1.82, 2.24) is 10.3 Å². The van der Waals surface area contributed by atoms with E-state index in [0.29, 0.717) is 12.3 Å². The van der Waals surface area contributed by atoms with E-state index in [4.69, 9.17) is 9.84 Å². The molecule has 0 unspecified atom stereocenters. The van der Waals surface area contributed by atoms with Gasteiger partial charge in [-0.2, -0.15) is 0 Å². The average molecular weight is 352 g/mol. The van der Waals surface area contributed by atoms with Crippen LogP contribution >= 0.6 is 11.3 Å². The second-order valence-electron chi connectivity index (χ2n) is 5.02. The summed E-state index contributed by atoms with van der Waals surface area (Å²) < 4.78 is 7.56. The van der Waals surface area contributed by atoms with Gasteiger partial charge in [-0.25, -0.2) is 9.55 Å². The van der Waals surface area contributed by atoms with Crippen LogP contribution in [0, 0.1) is 6.92 Å². The number of carbonyl (C=O) groups excluding carboxylic acids is 1. The normalized spacial score (nSPS) is 9.83. The molecule has 132 valence electrons. The predicted molar refractivity (Wildman–Crippen MR) is 94.1 cm³/mol. The van der Waals surface area contributed by atoms with Gasteiger partial charge in [0.15, 0.2) is 19.0 Å². The summed E-state index contributed by atoms with van der Waals surface area (Å²) in [5.74, 6) is 0.605. The summed E-state index contributed by atoms with van der Waals surface area (Å²) in [5.41, 5.74) is 2.87. The van der Waals surface area contributed by atoms with E-state index in [2.05, 4.69) is 21.8 Å². The molecule has 1 amide bonds. The van der Waals surface area contributed by atoms with Gasteiger partial charge >= 0.3 is 0 Å². The Morgan fingerprint density at radius 1 is 1.38 bits per heavy atom. The van der Waals surface area contributed by atoms with Crippen LogP contribution in [0.2, 0.25) is 0 Å². The van der Waals surface area contributed by atoms with Gasteiger partial charge in [0.1, 0.15) is 12.3 Å². The van der Waals surface area contributed by atoms with Crippen LogP contribution in [0.1, 0.15) is 23.9 Å². The monoisotopic (exact) mass is 352 g/mol. The van der Waals surface area contributed by atoms with Crippen LogP contribution in [0.3, 0.4) is 0 Å². The third-order valence-electron chi connectivity index (χ3n) is 3.23. The largest absolute Gasteiger partial charge is 0.483 e.